The SMILES string of the molecule is Cl.FCC[C@H](c1ccccc1SC(F)(F)F)N1CCNCC1. The molecule has 126 valence electrons. The third kappa shape index (κ3) is 5.61. The summed E-state index contributed by atoms with van der Waals surface area (Å²) in [6.07, 6.45) is 0.218. The minimum Gasteiger partial charge on any atom is -0.314 e. The summed E-state index contributed by atoms with van der Waals surface area (Å²) in [7, 11) is 0. The molecule has 1 atom stereocenters. The van der Waals surface area contributed by atoms with E-state index in [1.165, 1.54) is 6.07 Å². The fourth-order valence-corrected chi connectivity index (χ4v) is 3.32. The molecular weight excluding hydrogens is 340 g/mol. The van der Waals surface area contributed by atoms with E-state index in [1.807, 2.05) is 0 Å². The lowest BCUT2D eigenvalue weighted by atomic mass is 10.0. The Labute approximate surface area is 138 Å². The number of nitrogens with zero attached hydrogens (tertiary/aromatic N) is 1. The third-order valence-electron chi connectivity index (χ3n) is 3.48. The molecule has 1 heterocycles. The van der Waals surface area contributed by atoms with Crippen LogP contribution < -0.4 is 5.32 Å². The number of benzene rings is 1. The van der Waals surface area contributed by atoms with E-state index in [2.05, 4.69) is 10.2 Å². The molecule has 1 N–H and O–H groups in total. The lowest BCUT2D eigenvalue weighted by Crippen LogP contribution is -2.45. The standard InChI is InChI=1S/C14H18F4N2S.ClH/c15-6-5-12(20-9-7-19-8-10-20)11-3-1-2-4-13(11)21-14(16,17)18;/h1-4,12,19H,5-10H2;1H/t12-;/m1./s1. The second kappa shape index (κ2) is 8.96. The van der Waals surface area contributed by atoms with Crippen LogP contribution in [0.2, 0.25) is 0 Å². The Balaban J connectivity index is 0.00000242. The van der Waals surface area contributed by atoms with Gasteiger partial charge in [-0.3, -0.25) is 9.29 Å². The van der Waals surface area contributed by atoms with Crippen molar-refractivity contribution in [2.24, 2.45) is 0 Å². The Morgan fingerprint density at radius 1 is 1.18 bits per heavy atom. The molecule has 0 bridgehead atoms. The molecule has 1 aromatic carbocycles. The van der Waals surface area contributed by atoms with E-state index < -0.39 is 12.2 Å². The van der Waals surface area contributed by atoms with Crippen LogP contribution in [-0.2, 0) is 0 Å². The van der Waals surface area contributed by atoms with Gasteiger partial charge in [-0.2, -0.15) is 13.2 Å². The first-order chi connectivity index (χ1) is 10.0. The zero-order valence-electron chi connectivity index (χ0n) is 11.9. The third-order valence-corrected chi connectivity index (χ3v) is 4.30. The van der Waals surface area contributed by atoms with Gasteiger partial charge in [-0.05, 0) is 29.8 Å². The van der Waals surface area contributed by atoms with E-state index in [4.69, 9.17) is 0 Å². The Morgan fingerprint density at radius 3 is 2.41 bits per heavy atom. The van der Waals surface area contributed by atoms with Crippen molar-refractivity contribution in [1.29, 1.82) is 0 Å². The molecule has 0 spiro atoms. The van der Waals surface area contributed by atoms with E-state index >= 15 is 0 Å². The second-order valence-electron chi connectivity index (χ2n) is 4.87. The smallest absolute Gasteiger partial charge is 0.314 e. The normalized spacial score (nSPS) is 17.8. The topological polar surface area (TPSA) is 15.3 Å². The van der Waals surface area contributed by atoms with Gasteiger partial charge in [0, 0.05) is 37.1 Å². The minimum absolute atomic E-state index is 0. The molecule has 0 amide bonds. The molecule has 22 heavy (non-hydrogen) atoms. The Hall–Kier alpha value is -0.500. The fourth-order valence-electron chi connectivity index (χ4n) is 2.61. The monoisotopic (exact) mass is 358 g/mol. The molecule has 8 heteroatoms. The summed E-state index contributed by atoms with van der Waals surface area (Å²) in [4.78, 5) is 2.23. The Morgan fingerprint density at radius 2 is 1.82 bits per heavy atom. The molecule has 0 saturated carbocycles. The molecule has 0 unspecified atom stereocenters. The van der Waals surface area contributed by atoms with Gasteiger partial charge in [0.1, 0.15) is 0 Å². The number of alkyl halides is 4. The summed E-state index contributed by atoms with van der Waals surface area (Å²) >= 11 is -0.119. The Bertz CT molecular complexity index is 453. The highest BCUT2D eigenvalue weighted by molar-refractivity contribution is 8.00. The van der Waals surface area contributed by atoms with Gasteiger partial charge in [0.25, 0.3) is 0 Å². The van der Waals surface area contributed by atoms with Crippen LogP contribution in [0, 0.1) is 0 Å². The number of hydrogen-bond donors (Lipinski definition) is 1. The van der Waals surface area contributed by atoms with Crippen LogP contribution in [0.15, 0.2) is 29.2 Å². The van der Waals surface area contributed by atoms with Crippen LogP contribution in [0.4, 0.5) is 17.6 Å². The number of halogens is 5. The molecule has 2 rings (SSSR count). The molecule has 0 radical (unpaired) electrons. The summed E-state index contributed by atoms with van der Waals surface area (Å²) < 4.78 is 50.9. The lowest BCUT2D eigenvalue weighted by Gasteiger charge is -2.35. The van der Waals surface area contributed by atoms with Gasteiger partial charge < -0.3 is 5.32 Å². The van der Waals surface area contributed by atoms with Gasteiger partial charge in [0.2, 0.25) is 0 Å². The highest BCUT2D eigenvalue weighted by Crippen LogP contribution is 2.41. The fraction of sp³-hybridized carbons (Fsp3) is 0.571. The largest absolute Gasteiger partial charge is 0.446 e. The molecule has 1 saturated heterocycles. The van der Waals surface area contributed by atoms with Gasteiger partial charge >= 0.3 is 5.51 Å². The van der Waals surface area contributed by atoms with Gasteiger partial charge in [-0.15, -0.1) is 12.4 Å². The zero-order chi connectivity index (χ0) is 15.3. The molecule has 1 fully saturated rings. The van der Waals surface area contributed by atoms with Crippen molar-refractivity contribution in [3.8, 4) is 0 Å². The highest BCUT2D eigenvalue weighted by atomic mass is 35.5. The van der Waals surface area contributed by atoms with E-state index in [0.29, 0.717) is 5.56 Å². The first-order valence-electron chi connectivity index (χ1n) is 6.86. The van der Waals surface area contributed by atoms with Crippen molar-refractivity contribution >= 4 is 24.2 Å². The van der Waals surface area contributed by atoms with Crippen LogP contribution in [0.5, 0.6) is 0 Å². The van der Waals surface area contributed by atoms with Crippen LogP contribution in [0.25, 0.3) is 0 Å². The quantitative estimate of drug-likeness (QED) is 0.632. The van der Waals surface area contributed by atoms with E-state index in [-0.39, 0.29) is 41.5 Å². The first kappa shape index (κ1) is 19.5. The summed E-state index contributed by atoms with van der Waals surface area (Å²) in [6, 6.07) is 6.13. The molecule has 1 aliphatic rings. The van der Waals surface area contributed by atoms with Crippen molar-refractivity contribution < 1.29 is 17.6 Å². The number of thioether (sulfide) groups is 1. The maximum absolute atomic E-state index is 12.9. The lowest BCUT2D eigenvalue weighted by molar-refractivity contribution is -0.0328. The summed E-state index contributed by atoms with van der Waals surface area (Å²) in [5.41, 5.74) is -3.76. The summed E-state index contributed by atoms with van der Waals surface area (Å²) in [5.74, 6) is 0. The van der Waals surface area contributed by atoms with Crippen molar-refractivity contribution in [3.05, 3.63) is 29.8 Å². The Kier molecular flexibility index (Phi) is 7.96. The molecule has 0 aliphatic carbocycles. The van der Waals surface area contributed by atoms with Crippen molar-refractivity contribution in [3.63, 3.8) is 0 Å². The van der Waals surface area contributed by atoms with Gasteiger partial charge in [0.05, 0.1) is 6.67 Å². The first-order valence-corrected chi connectivity index (χ1v) is 7.68. The van der Waals surface area contributed by atoms with Crippen molar-refractivity contribution in [2.45, 2.75) is 22.9 Å². The van der Waals surface area contributed by atoms with E-state index in [0.717, 1.165) is 26.2 Å². The highest BCUT2D eigenvalue weighted by Gasteiger charge is 2.32. The molecular formula is C14H19ClF4N2S. The zero-order valence-corrected chi connectivity index (χ0v) is 13.5. The molecule has 1 aliphatic heterocycles. The summed E-state index contributed by atoms with van der Waals surface area (Å²) in [6.45, 7) is 2.44. The van der Waals surface area contributed by atoms with Crippen LogP contribution in [0.1, 0.15) is 18.0 Å². The average molecular weight is 359 g/mol. The number of nitrogens with one attached hydrogen (secondary N) is 1. The predicted molar refractivity (Wildman–Crippen MR) is 83.4 cm³/mol. The number of piperazine rings is 1. The second-order valence-corrected chi connectivity index (χ2v) is 5.97. The van der Waals surface area contributed by atoms with Crippen molar-refractivity contribution in [2.75, 3.05) is 32.9 Å². The van der Waals surface area contributed by atoms with Crippen LogP contribution >= 0.6 is 24.2 Å². The van der Waals surface area contributed by atoms with Crippen LogP contribution in [0.3, 0.4) is 0 Å². The molecule has 2 nitrogen and oxygen atoms in total. The summed E-state index contributed by atoms with van der Waals surface area (Å²) in [5, 5.41) is 3.20. The number of hydrogen-bond acceptors (Lipinski definition) is 3. The van der Waals surface area contributed by atoms with Gasteiger partial charge in [0.15, 0.2) is 0 Å². The van der Waals surface area contributed by atoms with E-state index in [9.17, 15) is 17.6 Å². The minimum atomic E-state index is -4.33. The van der Waals surface area contributed by atoms with Crippen LogP contribution in [-0.4, -0.2) is 43.3 Å². The van der Waals surface area contributed by atoms with E-state index in [1.54, 1.807) is 18.2 Å². The van der Waals surface area contributed by atoms with Gasteiger partial charge in [-0.25, -0.2) is 0 Å². The maximum atomic E-state index is 12.9. The predicted octanol–water partition coefficient (Wildman–Crippen LogP) is 4.03. The van der Waals surface area contributed by atoms with Gasteiger partial charge in [-0.1, -0.05) is 18.2 Å². The molecule has 1 aromatic rings. The van der Waals surface area contributed by atoms with Crippen molar-refractivity contribution in [1.82, 2.24) is 10.2 Å². The number of rotatable bonds is 5. The molecule has 0 aromatic heterocycles. The average Bonchev–Trinajstić information content (AvgIpc) is 2.45. The maximum Gasteiger partial charge on any atom is 0.446 e.